The number of amides is 1. The maximum atomic E-state index is 12.2. The van der Waals surface area contributed by atoms with Crippen molar-refractivity contribution in [3.8, 4) is 17.2 Å². The molecule has 7 nitrogen and oxygen atoms in total. The molecule has 0 aliphatic rings. The molecule has 0 aliphatic heterocycles. The van der Waals surface area contributed by atoms with E-state index in [1.807, 2.05) is 6.92 Å². The lowest BCUT2D eigenvalue weighted by Crippen LogP contribution is -2.34. The van der Waals surface area contributed by atoms with Crippen LogP contribution in [0.1, 0.15) is 23.3 Å². The average molecular weight is 353 g/mol. The standard InChI is InChI=1S/C19H19N3O4/c1-13(12-20-19(24)14-5-7-15(25-2)8-6-14)22-18(23)10-9-16(21-22)17-4-3-11-26-17/h3-11,13H,12H2,1-2H3,(H,20,24). The number of furan rings is 1. The Kier molecular flexibility index (Phi) is 5.17. The summed E-state index contributed by atoms with van der Waals surface area (Å²) in [5.74, 6) is 1.03. The summed E-state index contributed by atoms with van der Waals surface area (Å²) in [6.45, 7) is 2.08. The van der Waals surface area contributed by atoms with Crippen LogP contribution in [0.25, 0.3) is 11.5 Å². The fraction of sp³-hybridized carbons (Fsp3) is 0.211. The monoisotopic (exact) mass is 353 g/mol. The van der Waals surface area contributed by atoms with E-state index in [1.165, 1.54) is 10.7 Å². The fourth-order valence-corrected chi connectivity index (χ4v) is 2.47. The van der Waals surface area contributed by atoms with E-state index >= 15 is 0 Å². The molecule has 0 saturated carbocycles. The first-order valence-corrected chi connectivity index (χ1v) is 8.14. The Labute approximate surface area is 150 Å². The molecular weight excluding hydrogens is 334 g/mol. The Bertz CT molecular complexity index is 930. The van der Waals surface area contributed by atoms with E-state index in [4.69, 9.17) is 9.15 Å². The van der Waals surface area contributed by atoms with Crippen molar-refractivity contribution in [1.29, 1.82) is 0 Å². The molecule has 3 rings (SSSR count). The predicted octanol–water partition coefficient (Wildman–Crippen LogP) is 2.50. The third kappa shape index (κ3) is 3.83. The van der Waals surface area contributed by atoms with E-state index < -0.39 is 0 Å². The first-order valence-electron chi connectivity index (χ1n) is 8.14. The number of carbonyl (C=O) groups excluding carboxylic acids is 1. The Balaban J connectivity index is 1.69. The zero-order valence-corrected chi connectivity index (χ0v) is 14.5. The molecule has 3 aromatic rings. The Morgan fingerprint density at radius 1 is 1.23 bits per heavy atom. The van der Waals surface area contributed by atoms with E-state index in [0.29, 0.717) is 22.8 Å². The minimum Gasteiger partial charge on any atom is -0.497 e. The number of rotatable bonds is 6. The quantitative estimate of drug-likeness (QED) is 0.736. The van der Waals surface area contributed by atoms with Gasteiger partial charge in [-0.3, -0.25) is 9.59 Å². The minimum atomic E-state index is -0.320. The summed E-state index contributed by atoms with van der Waals surface area (Å²) >= 11 is 0. The molecule has 2 aromatic heterocycles. The predicted molar refractivity (Wildman–Crippen MR) is 96.2 cm³/mol. The van der Waals surface area contributed by atoms with Gasteiger partial charge >= 0.3 is 0 Å². The molecule has 7 heteroatoms. The zero-order chi connectivity index (χ0) is 18.5. The van der Waals surface area contributed by atoms with Gasteiger partial charge in [-0.05, 0) is 49.4 Å². The number of hydrogen-bond donors (Lipinski definition) is 1. The second-order valence-electron chi connectivity index (χ2n) is 5.77. The minimum absolute atomic E-state index is 0.227. The summed E-state index contributed by atoms with van der Waals surface area (Å²) in [6.07, 6.45) is 1.55. The molecule has 1 unspecified atom stereocenters. The highest BCUT2D eigenvalue weighted by Crippen LogP contribution is 2.16. The fourth-order valence-electron chi connectivity index (χ4n) is 2.47. The summed E-state index contributed by atoms with van der Waals surface area (Å²) < 4.78 is 11.7. The van der Waals surface area contributed by atoms with Gasteiger partial charge in [-0.15, -0.1) is 0 Å². The van der Waals surface area contributed by atoms with Gasteiger partial charge in [0.2, 0.25) is 0 Å². The van der Waals surface area contributed by atoms with Crippen LogP contribution in [0, 0.1) is 0 Å². The van der Waals surface area contributed by atoms with Crippen molar-refractivity contribution in [2.75, 3.05) is 13.7 Å². The molecule has 0 spiro atoms. The topological polar surface area (TPSA) is 86.4 Å². The number of hydrogen-bond acceptors (Lipinski definition) is 5. The number of carbonyl (C=O) groups is 1. The van der Waals surface area contributed by atoms with E-state index in [-0.39, 0.29) is 24.1 Å². The van der Waals surface area contributed by atoms with Crippen LogP contribution >= 0.6 is 0 Å². The number of nitrogens with zero attached hydrogens (tertiary/aromatic N) is 2. The van der Waals surface area contributed by atoms with Gasteiger partial charge in [-0.1, -0.05) is 0 Å². The summed E-state index contributed by atoms with van der Waals surface area (Å²) in [5.41, 5.74) is 0.831. The molecule has 1 atom stereocenters. The summed E-state index contributed by atoms with van der Waals surface area (Å²) in [5, 5.41) is 7.14. The zero-order valence-electron chi connectivity index (χ0n) is 14.5. The van der Waals surface area contributed by atoms with Gasteiger partial charge in [0.05, 0.1) is 19.4 Å². The van der Waals surface area contributed by atoms with Crippen LogP contribution in [0.4, 0.5) is 0 Å². The Hall–Kier alpha value is -3.35. The van der Waals surface area contributed by atoms with Crippen LogP contribution in [0.15, 0.2) is 64.0 Å². The molecule has 26 heavy (non-hydrogen) atoms. The van der Waals surface area contributed by atoms with Gasteiger partial charge in [0.1, 0.15) is 11.4 Å². The molecule has 0 saturated heterocycles. The van der Waals surface area contributed by atoms with Gasteiger partial charge in [0.15, 0.2) is 5.76 Å². The number of ether oxygens (including phenoxy) is 1. The first kappa shape index (κ1) is 17.5. The highest BCUT2D eigenvalue weighted by molar-refractivity contribution is 5.94. The van der Waals surface area contributed by atoms with Crippen LogP contribution < -0.4 is 15.6 Å². The second-order valence-corrected chi connectivity index (χ2v) is 5.77. The molecule has 0 aliphatic carbocycles. The van der Waals surface area contributed by atoms with Crippen LogP contribution in [0.2, 0.25) is 0 Å². The SMILES string of the molecule is COc1ccc(C(=O)NCC(C)n2nc(-c3ccco3)ccc2=O)cc1. The summed E-state index contributed by atoms with van der Waals surface area (Å²) in [6, 6.07) is 13.1. The molecule has 2 heterocycles. The third-order valence-corrected chi connectivity index (χ3v) is 3.93. The molecule has 1 aromatic carbocycles. The summed E-state index contributed by atoms with van der Waals surface area (Å²) in [7, 11) is 1.57. The molecule has 0 fully saturated rings. The van der Waals surface area contributed by atoms with Gasteiger partial charge in [-0.2, -0.15) is 5.10 Å². The Morgan fingerprint density at radius 2 is 2.00 bits per heavy atom. The lowest BCUT2D eigenvalue weighted by Gasteiger charge is -2.15. The van der Waals surface area contributed by atoms with Crippen molar-refractivity contribution in [2.24, 2.45) is 0 Å². The van der Waals surface area contributed by atoms with Gasteiger partial charge in [-0.25, -0.2) is 4.68 Å². The molecular formula is C19H19N3O4. The smallest absolute Gasteiger partial charge is 0.267 e. The van der Waals surface area contributed by atoms with Crippen molar-refractivity contribution >= 4 is 5.91 Å². The van der Waals surface area contributed by atoms with E-state index in [2.05, 4.69) is 10.4 Å². The van der Waals surface area contributed by atoms with Crippen LogP contribution in [-0.4, -0.2) is 29.3 Å². The van der Waals surface area contributed by atoms with Gasteiger partial charge in [0.25, 0.3) is 11.5 Å². The van der Waals surface area contributed by atoms with Crippen LogP contribution in [-0.2, 0) is 0 Å². The number of benzene rings is 1. The number of methoxy groups -OCH3 is 1. The van der Waals surface area contributed by atoms with Gasteiger partial charge in [0, 0.05) is 18.2 Å². The first-order chi connectivity index (χ1) is 12.6. The van der Waals surface area contributed by atoms with Crippen molar-refractivity contribution < 1.29 is 13.9 Å². The van der Waals surface area contributed by atoms with Crippen molar-refractivity contribution in [3.63, 3.8) is 0 Å². The van der Waals surface area contributed by atoms with E-state index in [0.717, 1.165) is 0 Å². The molecule has 1 amide bonds. The van der Waals surface area contributed by atoms with Crippen molar-refractivity contribution in [1.82, 2.24) is 15.1 Å². The maximum absolute atomic E-state index is 12.2. The van der Waals surface area contributed by atoms with Crippen molar-refractivity contribution in [3.05, 3.63) is 70.7 Å². The largest absolute Gasteiger partial charge is 0.497 e. The van der Waals surface area contributed by atoms with Gasteiger partial charge < -0.3 is 14.5 Å². The van der Waals surface area contributed by atoms with Crippen LogP contribution in [0.5, 0.6) is 5.75 Å². The third-order valence-electron chi connectivity index (χ3n) is 3.93. The second kappa shape index (κ2) is 7.69. The number of nitrogens with one attached hydrogen (secondary N) is 1. The summed E-state index contributed by atoms with van der Waals surface area (Å²) in [4.78, 5) is 24.4. The lowest BCUT2D eigenvalue weighted by atomic mass is 10.2. The molecule has 134 valence electrons. The highest BCUT2D eigenvalue weighted by atomic mass is 16.5. The Morgan fingerprint density at radius 3 is 2.65 bits per heavy atom. The van der Waals surface area contributed by atoms with Crippen molar-refractivity contribution in [2.45, 2.75) is 13.0 Å². The molecule has 0 bridgehead atoms. The lowest BCUT2D eigenvalue weighted by molar-refractivity contribution is 0.0947. The number of aromatic nitrogens is 2. The molecule has 1 N–H and O–H groups in total. The maximum Gasteiger partial charge on any atom is 0.267 e. The molecule has 0 radical (unpaired) electrons. The van der Waals surface area contributed by atoms with Crippen LogP contribution in [0.3, 0.4) is 0 Å². The normalized spacial score (nSPS) is 11.8. The highest BCUT2D eigenvalue weighted by Gasteiger charge is 2.13. The van der Waals surface area contributed by atoms with E-state index in [9.17, 15) is 9.59 Å². The van der Waals surface area contributed by atoms with E-state index in [1.54, 1.807) is 55.8 Å². The average Bonchev–Trinajstić information content (AvgIpc) is 3.21.